The highest BCUT2D eigenvalue weighted by molar-refractivity contribution is 5.81. The molecule has 4 nitrogen and oxygen atoms in total. The molecule has 0 aromatic heterocycles. The van der Waals surface area contributed by atoms with Crippen LogP contribution in [-0.2, 0) is 9.63 Å². The molecule has 2 aromatic rings. The number of amides is 1. The van der Waals surface area contributed by atoms with Gasteiger partial charge in [-0.15, -0.1) is 0 Å². The van der Waals surface area contributed by atoms with Gasteiger partial charge in [-0.05, 0) is 29.5 Å². The predicted octanol–water partition coefficient (Wildman–Crippen LogP) is 3.27. The molecule has 1 N–H and O–H groups in total. The van der Waals surface area contributed by atoms with Gasteiger partial charge in [-0.25, -0.2) is 0 Å². The minimum Gasteiger partial charge on any atom is -0.386 e. The summed E-state index contributed by atoms with van der Waals surface area (Å²) in [4.78, 5) is 16.8. The number of carbonyl (C=O) groups is 1. The van der Waals surface area contributed by atoms with Crippen molar-refractivity contribution < 1.29 is 9.63 Å². The van der Waals surface area contributed by atoms with Crippen molar-refractivity contribution in [2.24, 2.45) is 5.16 Å². The zero-order chi connectivity index (χ0) is 16.5. The zero-order valence-electron chi connectivity index (χ0n) is 13.5. The average molecular weight is 310 g/mol. The van der Waals surface area contributed by atoms with Crippen molar-refractivity contribution in [1.82, 2.24) is 5.32 Å². The Labute approximate surface area is 137 Å². The van der Waals surface area contributed by atoms with Gasteiger partial charge in [-0.3, -0.25) is 4.79 Å². The highest BCUT2D eigenvalue weighted by Gasteiger charge is 2.07. The third-order valence-corrected chi connectivity index (χ3v) is 3.62. The summed E-state index contributed by atoms with van der Waals surface area (Å²) in [6.45, 7) is 4.57. The van der Waals surface area contributed by atoms with Crippen LogP contribution in [0, 0.1) is 6.92 Å². The van der Waals surface area contributed by atoms with Crippen LogP contribution in [0.4, 0.5) is 0 Å². The molecular weight excluding hydrogens is 288 g/mol. The van der Waals surface area contributed by atoms with Crippen LogP contribution in [0.5, 0.6) is 0 Å². The van der Waals surface area contributed by atoms with E-state index in [2.05, 4.69) is 29.5 Å². The number of hydrogen-bond acceptors (Lipinski definition) is 3. The Morgan fingerprint density at radius 2 is 1.87 bits per heavy atom. The Hall–Kier alpha value is -2.62. The van der Waals surface area contributed by atoms with Crippen molar-refractivity contribution in [2.45, 2.75) is 19.8 Å². The molecule has 0 saturated heterocycles. The number of nitrogens with zero attached hydrogens (tertiary/aromatic N) is 1. The summed E-state index contributed by atoms with van der Waals surface area (Å²) >= 11 is 0. The maximum Gasteiger partial charge on any atom is 0.260 e. The van der Waals surface area contributed by atoms with Gasteiger partial charge < -0.3 is 10.2 Å². The number of rotatable bonds is 7. The smallest absolute Gasteiger partial charge is 0.260 e. The second-order valence-corrected chi connectivity index (χ2v) is 5.48. The molecule has 0 bridgehead atoms. The molecule has 0 aliphatic heterocycles. The second-order valence-electron chi connectivity index (χ2n) is 5.48. The molecule has 1 unspecified atom stereocenters. The van der Waals surface area contributed by atoms with Crippen molar-refractivity contribution in [3.05, 3.63) is 71.3 Å². The molecular formula is C19H22N2O2. The van der Waals surface area contributed by atoms with E-state index in [-0.39, 0.29) is 18.4 Å². The molecule has 0 fully saturated rings. The minimum atomic E-state index is -0.172. The molecule has 4 heteroatoms. The molecule has 0 heterocycles. The number of carbonyl (C=O) groups excluding carboxylic acids is 1. The number of hydrogen-bond donors (Lipinski definition) is 1. The molecule has 1 amide bonds. The topological polar surface area (TPSA) is 50.7 Å². The zero-order valence-corrected chi connectivity index (χ0v) is 13.5. The largest absolute Gasteiger partial charge is 0.386 e. The van der Waals surface area contributed by atoms with Crippen molar-refractivity contribution in [1.29, 1.82) is 0 Å². The van der Waals surface area contributed by atoms with Gasteiger partial charge in [0.15, 0.2) is 6.61 Å². The lowest BCUT2D eigenvalue weighted by molar-refractivity contribution is -0.125. The van der Waals surface area contributed by atoms with E-state index in [0.717, 1.165) is 11.1 Å². The standard InChI is InChI=1S/C19H22N2O2/c1-15-8-6-7-11-18(15)13-21-23-14-19(22)20-12-16(2)17-9-4-3-5-10-17/h3-11,13,16H,12,14H2,1-2H3,(H,20,22)/b21-13+. The van der Waals surface area contributed by atoms with Crippen LogP contribution in [0.2, 0.25) is 0 Å². The first-order chi connectivity index (χ1) is 11.2. The van der Waals surface area contributed by atoms with E-state index in [4.69, 9.17) is 4.84 Å². The SMILES string of the molecule is Cc1ccccc1/C=N/OCC(=O)NCC(C)c1ccccc1. The number of aryl methyl sites for hydroxylation is 1. The molecule has 2 rings (SSSR count). The highest BCUT2D eigenvalue weighted by atomic mass is 16.6. The van der Waals surface area contributed by atoms with E-state index in [1.54, 1.807) is 6.21 Å². The van der Waals surface area contributed by atoms with Gasteiger partial charge in [0.05, 0.1) is 6.21 Å². The Morgan fingerprint density at radius 3 is 2.61 bits per heavy atom. The van der Waals surface area contributed by atoms with Gasteiger partial charge >= 0.3 is 0 Å². The minimum absolute atomic E-state index is 0.0795. The fourth-order valence-corrected chi connectivity index (χ4v) is 2.14. The molecule has 1 atom stereocenters. The molecule has 0 aliphatic rings. The monoisotopic (exact) mass is 310 g/mol. The lowest BCUT2D eigenvalue weighted by atomic mass is 10.0. The molecule has 23 heavy (non-hydrogen) atoms. The highest BCUT2D eigenvalue weighted by Crippen LogP contribution is 2.12. The Bertz CT molecular complexity index is 653. The fourth-order valence-electron chi connectivity index (χ4n) is 2.14. The first-order valence-corrected chi connectivity index (χ1v) is 7.69. The second kappa shape index (κ2) is 8.73. The quantitative estimate of drug-likeness (QED) is 0.630. The first kappa shape index (κ1) is 16.7. The van der Waals surface area contributed by atoms with Gasteiger partial charge in [-0.2, -0.15) is 0 Å². The lowest BCUT2D eigenvalue weighted by Gasteiger charge is -2.12. The average Bonchev–Trinajstić information content (AvgIpc) is 2.59. The van der Waals surface area contributed by atoms with Crippen molar-refractivity contribution in [3.8, 4) is 0 Å². The van der Waals surface area contributed by atoms with Crippen LogP contribution in [0.15, 0.2) is 59.8 Å². The normalized spacial score (nSPS) is 12.1. The van der Waals surface area contributed by atoms with E-state index in [1.165, 1.54) is 5.56 Å². The Morgan fingerprint density at radius 1 is 1.17 bits per heavy atom. The third-order valence-electron chi connectivity index (χ3n) is 3.62. The van der Waals surface area contributed by atoms with Crippen molar-refractivity contribution >= 4 is 12.1 Å². The molecule has 0 aliphatic carbocycles. The maximum atomic E-state index is 11.7. The van der Waals surface area contributed by atoms with E-state index in [1.807, 2.05) is 49.4 Å². The van der Waals surface area contributed by atoms with Crippen LogP contribution in [0.25, 0.3) is 0 Å². The van der Waals surface area contributed by atoms with Gasteiger partial charge in [0, 0.05) is 6.54 Å². The van der Waals surface area contributed by atoms with Crippen molar-refractivity contribution in [2.75, 3.05) is 13.2 Å². The lowest BCUT2D eigenvalue weighted by Crippen LogP contribution is -2.30. The van der Waals surface area contributed by atoms with Crippen LogP contribution >= 0.6 is 0 Å². The molecule has 0 saturated carbocycles. The summed E-state index contributed by atoms with van der Waals surface area (Å²) in [5.41, 5.74) is 3.29. The van der Waals surface area contributed by atoms with Crippen LogP contribution in [0.3, 0.4) is 0 Å². The summed E-state index contributed by atoms with van der Waals surface area (Å²) < 4.78 is 0. The van der Waals surface area contributed by atoms with Crippen LogP contribution in [0.1, 0.15) is 29.5 Å². The maximum absolute atomic E-state index is 11.7. The summed E-state index contributed by atoms with van der Waals surface area (Å²) in [6.07, 6.45) is 1.62. The van der Waals surface area contributed by atoms with Crippen molar-refractivity contribution in [3.63, 3.8) is 0 Å². The summed E-state index contributed by atoms with van der Waals surface area (Å²) in [5.74, 6) is 0.0883. The van der Waals surface area contributed by atoms with E-state index in [9.17, 15) is 4.79 Å². The number of oxime groups is 1. The number of nitrogens with one attached hydrogen (secondary N) is 1. The Kier molecular flexibility index (Phi) is 6.36. The summed E-state index contributed by atoms with van der Waals surface area (Å²) in [5, 5.41) is 6.69. The van der Waals surface area contributed by atoms with E-state index in [0.29, 0.717) is 6.54 Å². The number of benzene rings is 2. The Balaban J connectivity index is 1.70. The van der Waals surface area contributed by atoms with Gasteiger partial charge in [-0.1, -0.05) is 66.7 Å². The summed E-state index contributed by atoms with van der Waals surface area (Å²) in [6, 6.07) is 17.9. The predicted molar refractivity (Wildman–Crippen MR) is 92.6 cm³/mol. The van der Waals surface area contributed by atoms with Crippen LogP contribution in [-0.4, -0.2) is 25.3 Å². The van der Waals surface area contributed by atoms with Gasteiger partial charge in [0.1, 0.15) is 0 Å². The molecule has 120 valence electrons. The van der Waals surface area contributed by atoms with E-state index >= 15 is 0 Å². The van der Waals surface area contributed by atoms with Gasteiger partial charge in [0.25, 0.3) is 5.91 Å². The molecule has 0 radical (unpaired) electrons. The fraction of sp³-hybridized carbons (Fsp3) is 0.263. The first-order valence-electron chi connectivity index (χ1n) is 7.69. The van der Waals surface area contributed by atoms with E-state index < -0.39 is 0 Å². The van der Waals surface area contributed by atoms with Gasteiger partial charge in [0.2, 0.25) is 0 Å². The third kappa shape index (κ3) is 5.58. The van der Waals surface area contributed by atoms with Crippen LogP contribution < -0.4 is 5.32 Å². The molecule has 0 spiro atoms. The molecule has 2 aromatic carbocycles. The summed E-state index contributed by atoms with van der Waals surface area (Å²) in [7, 11) is 0.